The van der Waals surface area contributed by atoms with Gasteiger partial charge in [0.05, 0.1) is 0 Å². The van der Waals surface area contributed by atoms with Crippen LogP contribution in [0.5, 0.6) is 0 Å². The quantitative estimate of drug-likeness (QED) is 0.297. The van der Waals surface area contributed by atoms with Crippen molar-refractivity contribution in [3.63, 3.8) is 0 Å². The molecular formula is C13H18ClN5O4. The summed E-state index contributed by atoms with van der Waals surface area (Å²) >= 11 is 6.07. The number of nitrogens with two attached hydrogens (primary N) is 1. The first-order valence-electron chi connectivity index (χ1n) is 7.03. The van der Waals surface area contributed by atoms with E-state index >= 15 is 0 Å². The Balaban J connectivity index is 1.86. The maximum atomic E-state index is 10.3. The predicted octanol–water partition coefficient (Wildman–Crippen LogP) is -0.709. The number of amidine groups is 1. The molecule has 5 N–H and O–H groups in total. The van der Waals surface area contributed by atoms with Crippen molar-refractivity contribution in [2.45, 2.75) is 43.5 Å². The number of hydrogen-bond donors (Lipinski definition) is 4. The molecule has 1 saturated heterocycles. The van der Waals surface area contributed by atoms with Crippen molar-refractivity contribution < 1.29 is 20.1 Å². The van der Waals surface area contributed by atoms with Crippen LogP contribution in [-0.2, 0) is 4.74 Å². The lowest BCUT2D eigenvalue weighted by molar-refractivity contribution is -0.0563. The first-order valence-corrected chi connectivity index (χ1v) is 7.41. The van der Waals surface area contributed by atoms with Gasteiger partial charge in [0.1, 0.15) is 42.8 Å². The van der Waals surface area contributed by atoms with Crippen molar-refractivity contribution in [2.24, 2.45) is 20.7 Å². The molecule has 0 radical (unpaired) electrons. The second-order valence-corrected chi connectivity index (χ2v) is 6.38. The fourth-order valence-corrected chi connectivity index (χ4v) is 2.87. The molecule has 0 bridgehead atoms. The van der Waals surface area contributed by atoms with Gasteiger partial charge in [-0.3, -0.25) is 10.7 Å². The zero-order valence-electron chi connectivity index (χ0n) is 12.6. The molecule has 5 atom stereocenters. The fraction of sp³-hybridized carbons (Fsp3) is 0.615. The highest BCUT2D eigenvalue weighted by Crippen LogP contribution is 2.32. The topological polar surface area (TPSA) is 136 Å². The number of fused-ring (bicyclic) bond motifs is 1. The van der Waals surface area contributed by atoms with Crippen molar-refractivity contribution in [1.29, 1.82) is 0 Å². The highest BCUT2D eigenvalue weighted by molar-refractivity contribution is 6.56. The van der Waals surface area contributed by atoms with Gasteiger partial charge in [-0.25, -0.2) is 9.98 Å². The van der Waals surface area contributed by atoms with Gasteiger partial charge in [0.25, 0.3) is 0 Å². The number of ether oxygens (including phenoxy) is 1. The van der Waals surface area contributed by atoms with Gasteiger partial charge in [-0.2, -0.15) is 0 Å². The van der Waals surface area contributed by atoms with E-state index in [9.17, 15) is 15.3 Å². The highest BCUT2D eigenvalue weighted by Gasteiger charge is 2.51. The molecule has 0 aromatic carbocycles. The highest BCUT2D eigenvalue weighted by atomic mass is 35.5. The number of aliphatic imine (C=N–C) groups is 3. The summed E-state index contributed by atoms with van der Waals surface area (Å²) in [6, 6.07) is 0. The third-order valence-corrected chi connectivity index (χ3v) is 4.23. The Morgan fingerprint density at radius 1 is 1.43 bits per heavy atom. The van der Waals surface area contributed by atoms with Crippen LogP contribution in [0.25, 0.3) is 0 Å². The molecule has 9 nitrogen and oxygen atoms in total. The summed E-state index contributed by atoms with van der Waals surface area (Å²) in [5.41, 5.74) is 6.68. The second kappa shape index (κ2) is 5.53. The number of hydrogen-bond acceptors (Lipinski definition) is 9. The van der Waals surface area contributed by atoms with Gasteiger partial charge in [0, 0.05) is 0 Å². The summed E-state index contributed by atoms with van der Waals surface area (Å²) in [6.07, 6.45) is -3.31. The van der Waals surface area contributed by atoms with Crippen LogP contribution in [0, 0.1) is 0 Å². The van der Waals surface area contributed by atoms with Gasteiger partial charge in [-0.15, -0.1) is 0 Å². The normalized spacial score (nSPS) is 39.1. The Hall–Kier alpha value is -1.52. The van der Waals surface area contributed by atoms with Crippen LogP contribution in [0.15, 0.2) is 26.3 Å². The van der Waals surface area contributed by atoms with Crippen LogP contribution >= 0.6 is 11.6 Å². The molecular weight excluding hydrogens is 326 g/mol. The standard InChI is InChI=1S/C13H18ClN5O4/c1-5(2)6(20)9-7(21)8(22)12(23-9)19-4-17-10-11(19)16-3-18-13(10,14)15/h3,7-9,12,20-22H,4,15H2,1-2H3/t7-,8+,9+,12+,13?/m0/s1. The van der Waals surface area contributed by atoms with Gasteiger partial charge in [-0.1, -0.05) is 11.6 Å². The average molecular weight is 344 g/mol. The van der Waals surface area contributed by atoms with E-state index in [4.69, 9.17) is 22.1 Å². The molecule has 0 aliphatic carbocycles. The largest absolute Gasteiger partial charge is 0.510 e. The minimum atomic E-state index is -1.52. The minimum Gasteiger partial charge on any atom is -0.510 e. The molecule has 3 aliphatic rings. The van der Waals surface area contributed by atoms with Gasteiger partial charge in [-0.05, 0) is 19.4 Å². The minimum absolute atomic E-state index is 0.0972. The lowest BCUT2D eigenvalue weighted by atomic mass is 10.1. The van der Waals surface area contributed by atoms with Crippen LogP contribution < -0.4 is 5.73 Å². The van der Waals surface area contributed by atoms with Crippen LogP contribution in [0.1, 0.15) is 13.8 Å². The summed E-state index contributed by atoms with van der Waals surface area (Å²) in [4.78, 5) is 13.6. The molecule has 3 rings (SSSR count). The summed E-state index contributed by atoms with van der Waals surface area (Å²) in [7, 11) is 0. The molecule has 23 heavy (non-hydrogen) atoms. The molecule has 0 amide bonds. The third-order valence-electron chi connectivity index (χ3n) is 3.95. The van der Waals surface area contributed by atoms with Crippen LogP contribution in [-0.4, -0.2) is 74.4 Å². The van der Waals surface area contributed by atoms with E-state index in [2.05, 4.69) is 15.0 Å². The Morgan fingerprint density at radius 3 is 2.78 bits per heavy atom. The maximum Gasteiger partial charge on any atom is 0.232 e. The SMILES string of the molecule is CC(C)=C(O)[C@H]1O[C@@H](N2CN=C3C2=NC=NC3(N)Cl)[C@H](O)[C@@H]1O. The number of alkyl halides is 1. The molecule has 0 saturated carbocycles. The van der Waals surface area contributed by atoms with Crippen molar-refractivity contribution in [2.75, 3.05) is 6.67 Å². The molecule has 0 aromatic rings. The number of allylic oxidation sites excluding steroid dienone is 1. The van der Waals surface area contributed by atoms with Crippen molar-refractivity contribution >= 4 is 29.5 Å². The number of rotatable bonds is 2. The summed E-state index contributed by atoms with van der Waals surface area (Å²) < 4.78 is 5.65. The summed E-state index contributed by atoms with van der Waals surface area (Å²) in [6.45, 7) is 3.46. The van der Waals surface area contributed by atoms with Gasteiger partial charge in [0.15, 0.2) is 12.1 Å². The van der Waals surface area contributed by atoms with E-state index in [1.54, 1.807) is 13.8 Å². The fourth-order valence-electron chi connectivity index (χ4n) is 2.68. The number of aliphatic hydroxyl groups excluding tert-OH is 3. The van der Waals surface area contributed by atoms with Crippen molar-refractivity contribution in [3.05, 3.63) is 11.3 Å². The lowest BCUT2D eigenvalue weighted by Gasteiger charge is -2.30. The Bertz CT molecular complexity index is 640. The first-order chi connectivity index (χ1) is 10.7. The van der Waals surface area contributed by atoms with Gasteiger partial charge >= 0.3 is 0 Å². The summed E-state index contributed by atoms with van der Waals surface area (Å²) in [5.74, 6) is 0.211. The van der Waals surface area contributed by atoms with E-state index in [-0.39, 0.29) is 18.1 Å². The molecule has 3 heterocycles. The van der Waals surface area contributed by atoms with Gasteiger partial charge in [0.2, 0.25) is 5.12 Å². The van der Waals surface area contributed by atoms with E-state index in [1.165, 1.54) is 11.2 Å². The van der Waals surface area contributed by atoms with Gasteiger partial charge < -0.3 is 25.0 Å². The molecule has 1 unspecified atom stereocenters. The van der Waals surface area contributed by atoms with E-state index in [0.29, 0.717) is 11.4 Å². The van der Waals surface area contributed by atoms with Crippen molar-refractivity contribution in [1.82, 2.24) is 4.90 Å². The monoisotopic (exact) mass is 343 g/mol. The molecule has 0 spiro atoms. The van der Waals surface area contributed by atoms with Crippen LogP contribution in [0.3, 0.4) is 0 Å². The average Bonchev–Trinajstić information content (AvgIpc) is 3.02. The zero-order chi connectivity index (χ0) is 16.9. The molecule has 3 aliphatic heterocycles. The molecule has 0 aromatic heterocycles. The summed E-state index contributed by atoms with van der Waals surface area (Å²) in [5, 5.41) is 29.0. The Labute approximate surface area is 137 Å². The van der Waals surface area contributed by atoms with Crippen LogP contribution in [0.2, 0.25) is 0 Å². The number of nitrogens with zero attached hydrogens (tertiary/aromatic N) is 4. The molecule has 126 valence electrons. The smallest absolute Gasteiger partial charge is 0.232 e. The van der Waals surface area contributed by atoms with E-state index in [0.717, 1.165) is 0 Å². The molecule has 10 heteroatoms. The van der Waals surface area contributed by atoms with Crippen LogP contribution in [0.4, 0.5) is 0 Å². The second-order valence-electron chi connectivity index (χ2n) is 5.80. The van der Waals surface area contributed by atoms with Crippen molar-refractivity contribution in [3.8, 4) is 0 Å². The maximum absolute atomic E-state index is 10.3. The molecule has 1 fully saturated rings. The van der Waals surface area contributed by atoms with E-state index in [1.807, 2.05) is 0 Å². The zero-order valence-corrected chi connectivity index (χ0v) is 13.3. The lowest BCUT2D eigenvalue weighted by Crippen LogP contribution is -2.52. The number of aliphatic hydroxyl groups is 3. The predicted molar refractivity (Wildman–Crippen MR) is 84.5 cm³/mol. The van der Waals surface area contributed by atoms with E-state index < -0.39 is 29.7 Å². The number of halogens is 1. The first kappa shape index (κ1) is 16.3. The Morgan fingerprint density at radius 2 is 2.13 bits per heavy atom. The Kier molecular flexibility index (Phi) is 3.93. The third kappa shape index (κ3) is 2.54.